The third kappa shape index (κ3) is 3.56. The molecular formula is C12H17N5S. The van der Waals surface area contributed by atoms with Gasteiger partial charge in [-0.2, -0.15) is 5.10 Å². The molecule has 1 atom stereocenters. The molecule has 2 rings (SSSR count). The Balaban J connectivity index is 1.88. The summed E-state index contributed by atoms with van der Waals surface area (Å²) in [4.78, 5) is 5.45. The van der Waals surface area contributed by atoms with Crippen LogP contribution in [0.4, 0.5) is 0 Å². The third-order valence-corrected chi connectivity index (χ3v) is 3.84. The molecule has 0 spiro atoms. The zero-order valence-corrected chi connectivity index (χ0v) is 11.1. The minimum Gasteiger partial charge on any atom is -0.271 e. The summed E-state index contributed by atoms with van der Waals surface area (Å²) in [5.41, 5.74) is 2.84. The van der Waals surface area contributed by atoms with Crippen LogP contribution >= 0.6 is 11.8 Å². The van der Waals surface area contributed by atoms with E-state index in [0.717, 1.165) is 18.0 Å². The molecule has 1 aromatic carbocycles. The second kappa shape index (κ2) is 6.53. The van der Waals surface area contributed by atoms with Gasteiger partial charge in [-0.1, -0.05) is 18.2 Å². The molecule has 6 heteroatoms. The van der Waals surface area contributed by atoms with Crippen molar-refractivity contribution in [3.8, 4) is 0 Å². The van der Waals surface area contributed by atoms with Gasteiger partial charge in [-0.05, 0) is 12.1 Å². The lowest BCUT2D eigenvalue weighted by molar-refractivity contribution is 0.544. The highest BCUT2D eigenvalue weighted by Crippen LogP contribution is 2.18. The number of hydrogen-bond donors (Lipinski definition) is 2. The van der Waals surface area contributed by atoms with Crippen LogP contribution in [0.15, 0.2) is 41.6 Å². The maximum Gasteiger partial charge on any atom is 0.138 e. The van der Waals surface area contributed by atoms with Gasteiger partial charge in [-0.3, -0.25) is 16.0 Å². The molecule has 0 aliphatic rings. The number of nitrogens with two attached hydrogens (primary N) is 1. The van der Waals surface area contributed by atoms with Gasteiger partial charge in [0, 0.05) is 30.2 Å². The van der Waals surface area contributed by atoms with Crippen LogP contribution in [0.5, 0.6) is 0 Å². The van der Waals surface area contributed by atoms with Crippen molar-refractivity contribution in [1.29, 1.82) is 0 Å². The van der Waals surface area contributed by atoms with E-state index >= 15 is 0 Å². The van der Waals surface area contributed by atoms with Gasteiger partial charge < -0.3 is 0 Å². The number of nitrogens with zero attached hydrogens (tertiary/aromatic N) is 3. The Morgan fingerprint density at radius 3 is 2.78 bits per heavy atom. The van der Waals surface area contributed by atoms with Crippen molar-refractivity contribution in [2.75, 3.05) is 5.75 Å². The van der Waals surface area contributed by atoms with E-state index in [1.54, 1.807) is 22.8 Å². The molecular weight excluding hydrogens is 246 g/mol. The monoisotopic (exact) mass is 263 g/mol. The van der Waals surface area contributed by atoms with Gasteiger partial charge in [0.25, 0.3) is 0 Å². The van der Waals surface area contributed by atoms with Crippen LogP contribution in [0.2, 0.25) is 0 Å². The number of rotatable bonds is 6. The molecule has 18 heavy (non-hydrogen) atoms. The lowest BCUT2D eigenvalue weighted by atomic mass is 10.2. The van der Waals surface area contributed by atoms with Crippen LogP contribution in [-0.2, 0) is 13.5 Å². The van der Waals surface area contributed by atoms with Crippen molar-refractivity contribution < 1.29 is 0 Å². The average molecular weight is 263 g/mol. The third-order valence-electron chi connectivity index (χ3n) is 2.66. The van der Waals surface area contributed by atoms with E-state index in [-0.39, 0.29) is 6.04 Å². The van der Waals surface area contributed by atoms with Gasteiger partial charge in [0.15, 0.2) is 0 Å². The lowest BCUT2D eigenvalue weighted by Crippen LogP contribution is -2.39. The number of thioether (sulfide) groups is 1. The van der Waals surface area contributed by atoms with E-state index < -0.39 is 0 Å². The van der Waals surface area contributed by atoms with Crippen molar-refractivity contribution in [3.05, 3.63) is 42.5 Å². The molecule has 0 aliphatic carbocycles. The molecule has 0 bridgehead atoms. The topological polar surface area (TPSA) is 68.8 Å². The summed E-state index contributed by atoms with van der Waals surface area (Å²) >= 11 is 1.78. The van der Waals surface area contributed by atoms with Crippen LogP contribution in [0.1, 0.15) is 5.82 Å². The molecule has 0 radical (unpaired) electrons. The summed E-state index contributed by atoms with van der Waals surface area (Å²) in [6, 6.07) is 10.5. The van der Waals surface area contributed by atoms with Gasteiger partial charge >= 0.3 is 0 Å². The largest absolute Gasteiger partial charge is 0.271 e. The summed E-state index contributed by atoms with van der Waals surface area (Å²) in [5.74, 6) is 7.42. The van der Waals surface area contributed by atoms with E-state index in [4.69, 9.17) is 5.84 Å². The summed E-state index contributed by atoms with van der Waals surface area (Å²) in [5, 5.41) is 4.05. The van der Waals surface area contributed by atoms with E-state index in [1.807, 2.05) is 25.2 Å². The maximum atomic E-state index is 5.58. The Hall–Kier alpha value is -1.37. The fourth-order valence-electron chi connectivity index (χ4n) is 1.60. The normalized spacial score (nSPS) is 12.6. The summed E-state index contributed by atoms with van der Waals surface area (Å²) < 4.78 is 1.78. The number of hydrazine groups is 1. The Morgan fingerprint density at radius 2 is 2.17 bits per heavy atom. The number of aryl methyl sites for hydroxylation is 1. The first-order chi connectivity index (χ1) is 8.79. The minimum atomic E-state index is 0.179. The first-order valence-corrected chi connectivity index (χ1v) is 6.75. The summed E-state index contributed by atoms with van der Waals surface area (Å²) in [7, 11) is 1.89. The second-order valence-corrected chi connectivity index (χ2v) is 5.09. The first-order valence-electron chi connectivity index (χ1n) is 5.76. The van der Waals surface area contributed by atoms with Crippen LogP contribution in [0.25, 0.3) is 0 Å². The molecule has 0 saturated carbocycles. The highest BCUT2D eigenvalue weighted by Gasteiger charge is 2.11. The highest BCUT2D eigenvalue weighted by atomic mass is 32.2. The van der Waals surface area contributed by atoms with Crippen molar-refractivity contribution >= 4 is 11.8 Å². The average Bonchev–Trinajstić information content (AvgIpc) is 2.81. The van der Waals surface area contributed by atoms with E-state index in [0.29, 0.717) is 0 Å². The fourth-order valence-corrected chi connectivity index (χ4v) is 2.56. The number of hydrogen-bond acceptors (Lipinski definition) is 5. The summed E-state index contributed by atoms with van der Waals surface area (Å²) in [6.07, 6.45) is 2.33. The van der Waals surface area contributed by atoms with Gasteiger partial charge in [-0.25, -0.2) is 4.98 Å². The van der Waals surface area contributed by atoms with Crippen LogP contribution in [0, 0.1) is 0 Å². The molecule has 0 aliphatic heterocycles. The van der Waals surface area contributed by atoms with E-state index in [9.17, 15) is 0 Å². The molecule has 0 amide bonds. The van der Waals surface area contributed by atoms with Crippen LogP contribution in [-0.4, -0.2) is 26.6 Å². The quantitative estimate of drug-likeness (QED) is 0.462. The molecule has 0 fully saturated rings. The van der Waals surface area contributed by atoms with Crippen LogP contribution < -0.4 is 11.3 Å². The van der Waals surface area contributed by atoms with Gasteiger partial charge in [-0.15, -0.1) is 11.8 Å². The molecule has 0 saturated heterocycles. The van der Waals surface area contributed by atoms with Gasteiger partial charge in [0.1, 0.15) is 12.2 Å². The molecule has 96 valence electrons. The van der Waals surface area contributed by atoms with Crippen molar-refractivity contribution in [2.45, 2.75) is 17.4 Å². The smallest absolute Gasteiger partial charge is 0.138 e. The standard InChI is InChI=1S/C12H17N5S/c1-17-12(14-9-15-17)7-10(16-13)8-18-11-5-3-2-4-6-11/h2-6,9-10,16H,7-8,13H2,1H3. The van der Waals surface area contributed by atoms with Gasteiger partial charge in [0.2, 0.25) is 0 Å². The van der Waals surface area contributed by atoms with Crippen molar-refractivity contribution in [3.63, 3.8) is 0 Å². The fraction of sp³-hybridized carbons (Fsp3) is 0.333. The maximum absolute atomic E-state index is 5.58. The van der Waals surface area contributed by atoms with E-state index in [2.05, 4.69) is 27.6 Å². The molecule has 1 unspecified atom stereocenters. The lowest BCUT2D eigenvalue weighted by Gasteiger charge is -2.14. The predicted molar refractivity (Wildman–Crippen MR) is 73.0 cm³/mol. The molecule has 3 N–H and O–H groups in total. The SMILES string of the molecule is Cn1ncnc1CC(CSc1ccccc1)NN. The molecule has 2 aromatic rings. The number of nitrogens with one attached hydrogen (secondary N) is 1. The predicted octanol–water partition coefficient (Wildman–Crippen LogP) is 0.982. The molecule has 5 nitrogen and oxygen atoms in total. The molecule has 1 aromatic heterocycles. The Morgan fingerprint density at radius 1 is 1.39 bits per heavy atom. The van der Waals surface area contributed by atoms with E-state index in [1.165, 1.54) is 4.90 Å². The Kier molecular flexibility index (Phi) is 4.74. The first kappa shape index (κ1) is 13.1. The molecule has 1 heterocycles. The zero-order valence-electron chi connectivity index (χ0n) is 10.3. The van der Waals surface area contributed by atoms with Crippen molar-refractivity contribution in [1.82, 2.24) is 20.2 Å². The van der Waals surface area contributed by atoms with Gasteiger partial charge in [0.05, 0.1) is 0 Å². The van der Waals surface area contributed by atoms with Crippen molar-refractivity contribution in [2.24, 2.45) is 12.9 Å². The highest BCUT2D eigenvalue weighted by molar-refractivity contribution is 7.99. The zero-order chi connectivity index (χ0) is 12.8. The minimum absolute atomic E-state index is 0.179. The second-order valence-electron chi connectivity index (χ2n) is 3.99. The number of aromatic nitrogens is 3. The van der Waals surface area contributed by atoms with Crippen LogP contribution in [0.3, 0.4) is 0 Å². The Bertz CT molecular complexity index is 470. The summed E-state index contributed by atoms with van der Waals surface area (Å²) in [6.45, 7) is 0. The number of benzene rings is 1. The Labute approximate surface area is 111 Å².